The van der Waals surface area contributed by atoms with Crippen LogP contribution in [0.3, 0.4) is 0 Å². The smallest absolute Gasteiger partial charge is 0.147 e. The Bertz CT molecular complexity index is 520. The highest BCUT2D eigenvalue weighted by Crippen LogP contribution is 2.27. The van der Waals surface area contributed by atoms with Crippen molar-refractivity contribution < 1.29 is 0 Å². The highest BCUT2D eigenvalue weighted by Gasteiger charge is 2.06. The Labute approximate surface area is 97.8 Å². The van der Waals surface area contributed by atoms with Gasteiger partial charge in [0.15, 0.2) is 0 Å². The van der Waals surface area contributed by atoms with E-state index in [0.29, 0.717) is 11.5 Å². The van der Waals surface area contributed by atoms with Crippen molar-refractivity contribution >= 4 is 23.3 Å². The molecule has 0 aromatic carbocycles. The lowest BCUT2D eigenvalue weighted by Gasteiger charge is -2.03. The summed E-state index contributed by atoms with van der Waals surface area (Å²) in [7, 11) is 1.90. The monoisotopic (exact) mass is 235 g/mol. The van der Waals surface area contributed by atoms with E-state index in [1.54, 1.807) is 6.07 Å². The molecule has 0 spiro atoms. The number of nitrogens with two attached hydrogens (primary N) is 2. The molecule has 0 radical (unpaired) electrons. The van der Waals surface area contributed by atoms with E-state index < -0.39 is 0 Å². The molecular formula is C10H13N5S. The van der Waals surface area contributed by atoms with Crippen molar-refractivity contribution in [2.75, 3.05) is 11.5 Å². The maximum absolute atomic E-state index is 5.65. The maximum atomic E-state index is 5.65. The summed E-state index contributed by atoms with van der Waals surface area (Å²) in [6.45, 7) is 1.95. The summed E-state index contributed by atoms with van der Waals surface area (Å²) >= 11 is 1.51. The molecule has 4 N–H and O–H groups in total. The first-order chi connectivity index (χ1) is 7.56. The lowest BCUT2D eigenvalue weighted by atomic mass is 10.4. The molecular weight excluding hydrogens is 222 g/mol. The number of pyridine rings is 1. The Balaban J connectivity index is 2.27. The summed E-state index contributed by atoms with van der Waals surface area (Å²) in [5, 5.41) is 6.10. The second-order valence-electron chi connectivity index (χ2n) is 3.47. The molecule has 0 bridgehead atoms. The molecule has 0 unspecified atom stereocenters. The normalized spacial score (nSPS) is 10.6. The van der Waals surface area contributed by atoms with Crippen molar-refractivity contribution in [3.05, 3.63) is 23.9 Å². The molecule has 2 rings (SSSR count). The third-order valence-corrected chi connectivity index (χ3v) is 3.13. The number of aryl methyl sites for hydroxylation is 2. The zero-order valence-corrected chi connectivity index (χ0v) is 9.95. The lowest BCUT2D eigenvalue weighted by Crippen LogP contribution is -1.98. The fraction of sp³-hybridized carbons (Fsp3) is 0.200. The fourth-order valence-electron chi connectivity index (χ4n) is 1.31. The molecule has 0 aliphatic carbocycles. The second kappa shape index (κ2) is 4.05. The van der Waals surface area contributed by atoms with Crippen LogP contribution in [-0.4, -0.2) is 14.8 Å². The number of hydrogen-bond donors (Lipinski definition) is 2. The number of nitrogen functional groups attached to an aromatic ring is 2. The largest absolute Gasteiger partial charge is 0.396 e. The van der Waals surface area contributed by atoms with Crippen molar-refractivity contribution in [3.8, 4) is 0 Å². The van der Waals surface area contributed by atoms with Gasteiger partial charge in [-0.2, -0.15) is 5.10 Å². The van der Waals surface area contributed by atoms with Gasteiger partial charge in [0.2, 0.25) is 0 Å². The van der Waals surface area contributed by atoms with Gasteiger partial charge in [0, 0.05) is 7.05 Å². The highest BCUT2D eigenvalue weighted by molar-refractivity contribution is 7.99. The van der Waals surface area contributed by atoms with Crippen LogP contribution in [-0.2, 0) is 7.05 Å². The summed E-state index contributed by atoms with van der Waals surface area (Å²) in [4.78, 5) is 4.19. The highest BCUT2D eigenvalue weighted by atomic mass is 32.2. The van der Waals surface area contributed by atoms with Crippen LogP contribution in [0.2, 0.25) is 0 Å². The van der Waals surface area contributed by atoms with Crippen molar-refractivity contribution in [2.24, 2.45) is 7.05 Å². The molecule has 0 amide bonds. The first kappa shape index (κ1) is 10.8. The van der Waals surface area contributed by atoms with Gasteiger partial charge in [-0.15, -0.1) is 0 Å². The van der Waals surface area contributed by atoms with Crippen LogP contribution >= 0.6 is 11.8 Å². The number of anilines is 2. The Kier molecular flexibility index (Phi) is 2.74. The quantitative estimate of drug-likeness (QED) is 0.823. The fourth-order valence-corrected chi connectivity index (χ4v) is 2.21. The van der Waals surface area contributed by atoms with Crippen molar-refractivity contribution in [1.29, 1.82) is 0 Å². The Hall–Kier alpha value is -1.69. The minimum absolute atomic E-state index is 0.365. The minimum Gasteiger partial charge on any atom is -0.396 e. The van der Waals surface area contributed by atoms with Crippen LogP contribution in [0.5, 0.6) is 0 Å². The Morgan fingerprint density at radius 2 is 2.06 bits per heavy atom. The average Bonchev–Trinajstić information content (AvgIpc) is 2.51. The van der Waals surface area contributed by atoms with E-state index in [1.807, 2.05) is 30.8 Å². The van der Waals surface area contributed by atoms with Crippen LogP contribution in [0, 0.1) is 6.92 Å². The van der Waals surface area contributed by atoms with Gasteiger partial charge in [0.05, 0.1) is 11.4 Å². The topological polar surface area (TPSA) is 82.8 Å². The third kappa shape index (κ3) is 2.11. The van der Waals surface area contributed by atoms with Crippen LogP contribution in [0.4, 0.5) is 11.5 Å². The van der Waals surface area contributed by atoms with E-state index >= 15 is 0 Å². The molecule has 0 aliphatic rings. The predicted octanol–water partition coefficient (Wildman–Crippen LogP) is 1.44. The number of aromatic nitrogens is 3. The molecule has 0 saturated carbocycles. The first-order valence-corrected chi connectivity index (χ1v) is 5.58. The standard InChI is InChI=1S/C10H13N5S/c1-6-5-9(15(2)14-6)16-8-4-3-7(11)10(12)13-8/h3-5H,11H2,1-2H3,(H2,12,13). The summed E-state index contributed by atoms with van der Waals surface area (Å²) < 4.78 is 1.81. The minimum atomic E-state index is 0.365. The van der Waals surface area contributed by atoms with Gasteiger partial charge in [-0.25, -0.2) is 4.98 Å². The molecule has 16 heavy (non-hydrogen) atoms. The number of rotatable bonds is 2. The zero-order valence-electron chi connectivity index (χ0n) is 9.14. The van der Waals surface area contributed by atoms with Gasteiger partial charge in [-0.3, -0.25) is 4.68 Å². The summed E-state index contributed by atoms with van der Waals surface area (Å²) in [6.07, 6.45) is 0. The Morgan fingerprint density at radius 1 is 1.31 bits per heavy atom. The van der Waals surface area contributed by atoms with Crippen molar-refractivity contribution in [1.82, 2.24) is 14.8 Å². The molecule has 0 fully saturated rings. The lowest BCUT2D eigenvalue weighted by molar-refractivity contribution is 0.692. The maximum Gasteiger partial charge on any atom is 0.147 e. The molecule has 84 valence electrons. The molecule has 0 saturated heterocycles. The molecule has 0 atom stereocenters. The van der Waals surface area contributed by atoms with E-state index in [4.69, 9.17) is 11.5 Å². The molecule has 2 aromatic heterocycles. The van der Waals surface area contributed by atoms with Gasteiger partial charge < -0.3 is 11.5 Å². The first-order valence-electron chi connectivity index (χ1n) is 4.77. The van der Waals surface area contributed by atoms with E-state index in [-0.39, 0.29) is 0 Å². The van der Waals surface area contributed by atoms with E-state index in [2.05, 4.69) is 10.1 Å². The number of nitrogens with zero attached hydrogens (tertiary/aromatic N) is 3. The van der Waals surface area contributed by atoms with Crippen LogP contribution in [0.15, 0.2) is 28.3 Å². The second-order valence-corrected chi connectivity index (χ2v) is 4.51. The van der Waals surface area contributed by atoms with Gasteiger partial charge in [-0.1, -0.05) is 11.8 Å². The van der Waals surface area contributed by atoms with E-state index in [1.165, 1.54) is 11.8 Å². The summed E-state index contributed by atoms with van der Waals surface area (Å²) in [5.74, 6) is 0.365. The van der Waals surface area contributed by atoms with Gasteiger partial charge in [-0.05, 0) is 25.1 Å². The Morgan fingerprint density at radius 3 is 2.62 bits per heavy atom. The van der Waals surface area contributed by atoms with Gasteiger partial charge in [0.1, 0.15) is 15.9 Å². The molecule has 6 heteroatoms. The van der Waals surface area contributed by atoms with Crippen molar-refractivity contribution in [2.45, 2.75) is 17.0 Å². The van der Waals surface area contributed by atoms with Crippen LogP contribution < -0.4 is 11.5 Å². The van der Waals surface area contributed by atoms with Gasteiger partial charge in [0.25, 0.3) is 0 Å². The average molecular weight is 235 g/mol. The van der Waals surface area contributed by atoms with Gasteiger partial charge >= 0.3 is 0 Å². The number of hydrogen-bond acceptors (Lipinski definition) is 5. The van der Waals surface area contributed by atoms with Crippen LogP contribution in [0.1, 0.15) is 5.69 Å². The third-order valence-electron chi connectivity index (χ3n) is 2.10. The predicted molar refractivity (Wildman–Crippen MR) is 65.1 cm³/mol. The molecule has 0 aliphatic heterocycles. The zero-order chi connectivity index (χ0) is 11.7. The molecule has 2 aromatic rings. The van der Waals surface area contributed by atoms with E-state index in [0.717, 1.165) is 15.7 Å². The molecule has 5 nitrogen and oxygen atoms in total. The van der Waals surface area contributed by atoms with Crippen molar-refractivity contribution in [3.63, 3.8) is 0 Å². The summed E-state index contributed by atoms with van der Waals surface area (Å²) in [5.41, 5.74) is 12.7. The van der Waals surface area contributed by atoms with Crippen LogP contribution in [0.25, 0.3) is 0 Å². The SMILES string of the molecule is Cc1cc(Sc2ccc(N)c(N)n2)n(C)n1. The molecule has 2 heterocycles. The summed E-state index contributed by atoms with van der Waals surface area (Å²) in [6, 6.07) is 5.60. The van der Waals surface area contributed by atoms with E-state index in [9.17, 15) is 0 Å².